The van der Waals surface area contributed by atoms with Crippen LogP contribution in [0.4, 0.5) is 0 Å². The standard InChI is InChI=1S/C17H9Cl2N3OS/c18-9-3-4-10(13(19)6-9)15-11(7-20)16(14-2-1-5-24-14)23-17(22)12(15)8-21/h1-6,15H,22H2/t15-/m1/s1. The minimum atomic E-state index is -0.699. The highest BCUT2D eigenvalue weighted by molar-refractivity contribution is 7.11. The molecule has 0 bridgehead atoms. The van der Waals surface area contributed by atoms with Crippen molar-refractivity contribution in [3.63, 3.8) is 0 Å². The second kappa shape index (κ2) is 6.59. The van der Waals surface area contributed by atoms with Crippen molar-refractivity contribution in [2.45, 2.75) is 5.92 Å². The third-order valence-electron chi connectivity index (χ3n) is 3.56. The first-order valence-corrected chi connectivity index (χ1v) is 8.41. The van der Waals surface area contributed by atoms with Gasteiger partial charge in [0, 0.05) is 10.0 Å². The molecule has 7 heteroatoms. The number of hydrogen-bond acceptors (Lipinski definition) is 5. The van der Waals surface area contributed by atoms with Crippen LogP contribution in [-0.2, 0) is 4.74 Å². The second-order valence-electron chi connectivity index (χ2n) is 4.92. The summed E-state index contributed by atoms with van der Waals surface area (Å²) in [6.07, 6.45) is 0. The zero-order valence-corrected chi connectivity index (χ0v) is 14.4. The fourth-order valence-electron chi connectivity index (χ4n) is 2.51. The first kappa shape index (κ1) is 16.4. The summed E-state index contributed by atoms with van der Waals surface area (Å²) >= 11 is 13.7. The molecule has 0 aliphatic carbocycles. The molecule has 1 aromatic heterocycles. The van der Waals surface area contributed by atoms with E-state index in [4.69, 9.17) is 33.7 Å². The lowest BCUT2D eigenvalue weighted by molar-refractivity contribution is 0.358. The van der Waals surface area contributed by atoms with Gasteiger partial charge >= 0.3 is 0 Å². The highest BCUT2D eigenvalue weighted by atomic mass is 35.5. The Morgan fingerprint density at radius 3 is 2.46 bits per heavy atom. The molecule has 1 aliphatic rings. The minimum Gasteiger partial charge on any atom is -0.438 e. The number of thiophene rings is 1. The highest BCUT2D eigenvalue weighted by Crippen LogP contribution is 2.44. The quantitative estimate of drug-likeness (QED) is 0.819. The Kier molecular flexibility index (Phi) is 4.51. The Bertz CT molecular complexity index is 949. The molecule has 2 aromatic rings. The summed E-state index contributed by atoms with van der Waals surface area (Å²) in [4.78, 5) is 0.751. The van der Waals surface area contributed by atoms with Gasteiger partial charge in [0.2, 0.25) is 5.88 Å². The molecule has 0 fully saturated rings. The molecular weight excluding hydrogens is 365 g/mol. The number of benzene rings is 1. The Balaban J connectivity index is 2.27. The molecule has 2 heterocycles. The van der Waals surface area contributed by atoms with E-state index in [1.807, 2.05) is 23.6 Å². The van der Waals surface area contributed by atoms with Crippen LogP contribution < -0.4 is 5.73 Å². The smallest absolute Gasteiger partial charge is 0.205 e. The molecule has 0 spiro atoms. The van der Waals surface area contributed by atoms with E-state index in [0.29, 0.717) is 21.4 Å². The Labute approximate surface area is 152 Å². The fourth-order valence-corrected chi connectivity index (χ4v) is 3.75. The normalized spacial score (nSPS) is 17.2. The summed E-state index contributed by atoms with van der Waals surface area (Å²) in [6.45, 7) is 0. The monoisotopic (exact) mass is 373 g/mol. The molecule has 3 rings (SSSR count). The van der Waals surface area contributed by atoms with Gasteiger partial charge in [-0.25, -0.2) is 0 Å². The topological polar surface area (TPSA) is 82.8 Å². The molecular formula is C17H9Cl2N3OS. The van der Waals surface area contributed by atoms with E-state index < -0.39 is 5.92 Å². The number of nitrogens with zero attached hydrogens (tertiary/aromatic N) is 2. The average Bonchev–Trinajstić information content (AvgIpc) is 3.08. The summed E-state index contributed by atoms with van der Waals surface area (Å²) in [5.41, 5.74) is 6.95. The van der Waals surface area contributed by atoms with Crippen molar-refractivity contribution in [2.75, 3.05) is 0 Å². The van der Waals surface area contributed by atoms with Crippen LogP contribution in [-0.4, -0.2) is 0 Å². The number of rotatable bonds is 2. The lowest BCUT2D eigenvalue weighted by atomic mass is 9.83. The molecule has 0 saturated carbocycles. The third kappa shape index (κ3) is 2.74. The predicted molar refractivity (Wildman–Crippen MR) is 94.0 cm³/mol. The number of halogens is 2. The van der Waals surface area contributed by atoms with Crippen LogP contribution in [0.3, 0.4) is 0 Å². The van der Waals surface area contributed by atoms with Gasteiger partial charge in [-0.15, -0.1) is 11.3 Å². The van der Waals surface area contributed by atoms with Gasteiger partial charge in [0.1, 0.15) is 11.6 Å². The number of nitrogens with two attached hydrogens (primary N) is 1. The van der Waals surface area contributed by atoms with Crippen molar-refractivity contribution in [2.24, 2.45) is 5.73 Å². The minimum absolute atomic E-state index is 0.0316. The van der Waals surface area contributed by atoms with E-state index in [-0.39, 0.29) is 17.0 Å². The van der Waals surface area contributed by atoms with Crippen LogP contribution in [0.15, 0.2) is 52.7 Å². The summed E-state index contributed by atoms with van der Waals surface area (Å²) < 4.78 is 5.59. The zero-order valence-electron chi connectivity index (χ0n) is 12.1. The summed E-state index contributed by atoms with van der Waals surface area (Å²) in [5.74, 6) is -0.383. The maximum absolute atomic E-state index is 9.71. The van der Waals surface area contributed by atoms with E-state index in [9.17, 15) is 10.5 Å². The molecule has 1 aromatic carbocycles. The largest absolute Gasteiger partial charge is 0.438 e. The van der Waals surface area contributed by atoms with Gasteiger partial charge in [-0.3, -0.25) is 0 Å². The number of ether oxygens (including phenoxy) is 1. The van der Waals surface area contributed by atoms with E-state index in [2.05, 4.69) is 6.07 Å². The first-order chi connectivity index (χ1) is 11.6. The maximum atomic E-state index is 9.71. The SMILES string of the molecule is N#CC1=C(N)OC(c2cccs2)=C(C#N)[C@H]1c1ccc(Cl)cc1Cl. The van der Waals surface area contributed by atoms with E-state index in [1.165, 1.54) is 11.3 Å². The molecule has 24 heavy (non-hydrogen) atoms. The van der Waals surface area contributed by atoms with Crippen molar-refractivity contribution in [3.05, 3.63) is 73.2 Å². The van der Waals surface area contributed by atoms with Crippen molar-refractivity contribution in [1.29, 1.82) is 10.5 Å². The second-order valence-corrected chi connectivity index (χ2v) is 6.71. The van der Waals surface area contributed by atoms with Crippen LogP contribution in [0.2, 0.25) is 10.0 Å². The first-order valence-electron chi connectivity index (χ1n) is 6.77. The van der Waals surface area contributed by atoms with E-state index in [1.54, 1.807) is 18.2 Å². The average molecular weight is 374 g/mol. The fraction of sp³-hybridized carbons (Fsp3) is 0.0588. The van der Waals surface area contributed by atoms with Crippen molar-refractivity contribution in [1.82, 2.24) is 0 Å². The Morgan fingerprint density at radius 2 is 1.88 bits per heavy atom. The van der Waals surface area contributed by atoms with Crippen LogP contribution in [0.5, 0.6) is 0 Å². The van der Waals surface area contributed by atoms with Crippen LogP contribution >= 0.6 is 34.5 Å². The molecule has 118 valence electrons. The van der Waals surface area contributed by atoms with E-state index >= 15 is 0 Å². The molecule has 1 aliphatic heterocycles. The van der Waals surface area contributed by atoms with Crippen LogP contribution in [0.1, 0.15) is 16.4 Å². The van der Waals surface area contributed by atoms with Gasteiger partial charge in [0.05, 0.1) is 22.4 Å². The third-order valence-corrected chi connectivity index (χ3v) is 4.99. The highest BCUT2D eigenvalue weighted by Gasteiger charge is 2.35. The summed E-state index contributed by atoms with van der Waals surface area (Å²) in [7, 11) is 0. The molecule has 2 N–H and O–H groups in total. The van der Waals surface area contributed by atoms with Gasteiger partial charge in [-0.05, 0) is 29.1 Å². The summed E-state index contributed by atoms with van der Waals surface area (Å²) in [6, 6.07) is 12.8. The van der Waals surface area contributed by atoms with Crippen molar-refractivity contribution >= 4 is 40.3 Å². The number of allylic oxidation sites excluding steroid dienone is 2. The van der Waals surface area contributed by atoms with Gasteiger partial charge in [0.25, 0.3) is 0 Å². The predicted octanol–water partition coefficient (Wildman–Crippen LogP) is 4.80. The molecule has 0 saturated heterocycles. The van der Waals surface area contributed by atoms with Crippen molar-refractivity contribution < 1.29 is 4.74 Å². The number of nitriles is 2. The van der Waals surface area contributed by atoms with E-state index in [0.717, 1.165) is 4.88 Å². The maximum Gasteiger partial charge on any atom is 0.205 e. The lowest BCUT2D eigenvalue weighted by Crippen LogP contribution is -2.20. The molecule has 1 atom stereocenters. The van der Waals surface area contributed by atoms with Crippen LogP contribution in [0.25, 0.3) is 5.76 Å². The lowest BCUT2D eigenvalue weighted by Gasteiger charge is -2.26. The van der Waals surface area contributed by atoms with Gasteiger partial charge < -0.3 is 10.5 Å². The molecule has 0 radical (unpaired) electrons. The van der Waals surface area contributed by atoms with Crippen LogP contribution in [0, 0.1) is 22.7 Å². The molecule has 0 unspecified atom stereocenters. The van der Waals surface area contributed by atoms with Gasteiger partial charge in [0.15, 0.2) is 5.76 Å². The van der Waals surface area contributed by atoms with Gasteiger partial charge in [-0.2, -0.15) is 10.5 Å². The zero-order chi connectivity index (χ0) is 17.3. The molecule has 0 amide bonds. The summed E-state index contributed by atoms with van der Waals surface area (Å²) in [5, 5.41) is 21.9. The molecule has 4 nitrogen and oxygen atoms in total. The van der Waals surface area contributed by atoms with Crippen molar-refractivity contribution in [3.8, 4) is 12.1 Å². The Morgan fingerprint density at radius 1 is 1.12 bits per heavy atom. The van der Waals surface area contributed by atoms with Gasteiger partial charge in [-0.1, -0.05) is 35.3 Å². The Hall–Kier alpha value is -2.44. The number of hydrogen-bond donors (Lipinski definition) is 1.